The Labute approximate surface area is 97.6 Å². The van der Waals surface area contributed by atoms with Crippen molar-refractivity contribution in [1.29, 1.82) is 0 Å². The van der Waals surface area contributed by atoms with Crippen LogP contribution in [0.2, 0.25) is 9.36 Å². The van der Waals surface area contributed by atoms with Gasteiger partial charge < -0.3 is 0 Å². The van der Waals surface area contributed by atoms with Crippen molar-refractivity contribution < 1.29 is 0 Å². The minimum Gasteiger partial charge on any atom is -0.122 e. The van der Waals surface area contributed by atoms with E-state index < -0.39 is 0 Å². The summed E-state index contributed by atoms with van der Waals surface area (Å²) < 4.78 is 3.06. The van der Waals surface area contributed by atoms with E-state index in [0.717, 1.165) is 19.4 Å². The highest BCUT2D eigenvalue weighted by atomic mass is 127. The van der Waals surface area contributed by atoms with E-state index in [1.807, 2.05) is 18.2 Å². The summed E-state index contributed by atoms with van der Waals surface area (Å²) in [6.45, 7) is 0. The van der Waals surface area contributed by atoms with Gasteiger partial charge in [-0.3, -0.25) is 0 Å². The maximum Gasteiger partial charge on any atom is 0.0941 e. The van der Waals surface area contributed by atoms with Gasteiger partial charge in [0.2, 0.25) is 0 Å². The number of thiophene rings is 1. The Bertz CT molecular complexity index is 397. The lowest BCUT2D eigenvalue weighted by Gasteiger charge is -1.94. The molecule has 4 heteroatoms. The Morgan fingerprint density at radius 3 is 2.67 bits per heavy atom. The van der Waals surface area contributed by atoms with Crippen molar-refractivity contribution in [3.05, 3.63) is 31.1 Å². The van der Waals surface area contributed by atoms with Gasteiger partial charge in [0.25, 0.3) is 0 Å². The molecule has 12 heavy (non-hydrogen) atoms. The minimum absolute atomic E-state index is 0.780. The molecule has 0 aliphatic rings. The SMILES string of the molecule is Clc1cc2c(I)ccc(Cl)c2s1. The average Bonchev–Trinajstić information content (AvgIpc) is 2.41. The van der Waals surface area contributed by atoms with E-state index in [4.69, 9.17) is 23.2 Å². The van der Waals surface area contributed by atoms with Gasteiger partial charge in [0.05, 0.1) is 14.1 Å². The molecule has 0 radical (unpaired) electrons. The summed E-state index contributed by atoms with van der Waals surface area (Å²) in [5.74, 6) is 0. The molecule has 0 aliphatic heterocycles. The summed E-state index contributed by atoms with van der Waals surface area (Å²) in [5, 5.41) is 1.93. The van der Waals surface area contributed by atoms with Crippen LogP contribution in [-0.4, -0.2) is 0 Å². The van der Waals surface area contributed by atoms with Crippen molar-refractivity contribution in [3.63, 3.8) is 0 Å². The second-order valence-corrected chi connectivity index (χ2v) is 5.58. The monoisotopic (exact) mass is 328 g/mol. The third-order valence-electron chi connectivity index (χ3n) is 1.55. The van der Waals surface area contributed by atoms with Crippen LogP contribution >= 0.6 is 57.1 Å². The summed E-state index contributed by atoms with van der Waals surface area (Å²) in [5.41, 5.74) is 0. The predicted octanol–water partition coefficient (Wildman–Crippen LogP) is 4.81. The molecule has 0 saturated heterocycles. The number of fused-ring (bicyclic) bond motifs is 1. The highest BCUT2D eigenvalue weighted by Crippen LogP contribution is 2.36. The van der Waals surface area contributed by atoms with Crippen molar-refractivity contribution in [3.8, 4) is 0 Å². The second-order valence-electron chi connectivity index (χ2n) is 2.32. The smallest absolute Gasteiger partial charge is 0.0941 e. The van der Waals surface area contributed by atoms with Crippen molar-refractivity contribution in [2.45, 2.75) is 0 Å². The molecule has 1 aromatic carbocycles. The van der Waals surface area contributed by atoms with E-state index >= 15 is 0 Å². The van der Waals surface area contributed by atoms with Crippen LogP contribution in [0.4, 0.5) is 0 Å². The van der Waals surface area contributed by atoms with Crippen LogP contribution < -0.4 is 0 Å². The summed E-state index contributed by atoms with van der Waals surface area (Å²) in [4.78, 5) is 0. The fraction of sp³-hybridized carbons (Fsp3) is 0. The third kappa shape index (κ3) is 1.45. The van der Waals surface area contributed by atoms with Crippen LogP contribution in [0.25, 0.3) is 10.1 Å². The quantitative estimate of drug-likeness (QED) is 0.609. The van der Waals surface area contributed by atoms with E-state index in [2.05, 4.69) is 22.6 Å². The molecular formula is C8H3Cl2IS. The van der Waals surface area contributed by atoms with Gasteiger partial charge in [-0.2, -0.15) is 0 Å². The van der Waals surface area contributed by atoms with Crippen LogP contribution in [0.5, 0.6) is 0 Å². The Hall–Kier alpha value is 0.490. The van der Waals surface area contributed by atoms with Crippen LogP contribution in [0.1, 0.15) is 0 Å². The fourth-order valence-corrected chi connectivity index (χ4v) is 3.25. The van der Waals surface area contributed by atoms with Gasteiger partial charge in [-0.15, -0.1) is 11.3 Å². The number of hydrogen-bond acceptors (Lipinski definition) is 1. The molecule has 0 bridgehead atoms. The molecule has 0 N–H and O–H groups in total. The van der Waals surface area contributed by atoms with Crippen LogP contribution in [0.3, 0.4) is 0 Å². The highest BCUT2D eigenvalue weighted by Gasteiger charge is 2.06. The number of halogens is 3. The van der Waals surface area contributed by atoms with Gasteiger partial charge >= 0.3 is 0 Å². The molecular weight excluding hydrogens is 326 g/mol. The van der Waals surface area contributed by atoms with E-state index in [-0.39, 0.29) is 0 Å². The van der Waals surface area contributed by atoms with Crippen molar-refractivity contribution in [2.24, 2.45) is 0 Å². The summed E-state index contributed by atoms with van der Waals surface area (Å²) in [7, 11) is 0. The molecule has 0 fully saturated rings. The zero-order valence-electron chi connectivity index (χ0n) is 5.77. The van der Waals surface area contributed by atoms with Crippen LogP contribution in [0, 0.1) is 3.57 Å². The van der Waals surface area contributed by atoms with Crippen LogP contribution in [-0.2, 0) is 0 Å². The maximum atomic E-state index is 5.99. The molecule has 0 unspecified atom stereocenters. The molecule has 0 amide bonds. The Balaban J connectivity index is 2.93. The minimum atomic E-state index is 0.780. The normalized spacial score (nSPS) is 10.9. The van der Waals surface area contributed by atoms with Gasteiger partial charge in [0.1, 0.15) is 0 Å². The van der Waals surface area contributed by atoms with Crippen molar-refractivity contribution in [2.75, 3.05) is 0 Å². The van der Waals surface area contributed by atoms with Crippen LogP contribution in [0.15, 0.2) is 18.2 Å². The molecule has 1 aromatic heterocycles. The van der Waals surface area contributed by atoms with Crippen molar-refractivity contribution in [1.82, 2.24) is 0 Å². The number of rotatable bonds is 0. The van der Waals surface area contributed by atoms with E-state index in [1.54, 1.807) is 0 Å². The number of hydrogen-bond donors (Lipinski definition) is 0. The fourth-order valence-electron chi connectivity index (χ4n) is 1.03. The highest BCUT2D eigenvalue weighted by molar-refractivity contribution is 14.1. The molecule has 0 saturated carbocycles. The topological polar surface area (TPSA) is 0 Å². The summed E-state index contributed by atoms with van der Waals surface area (Å²) >= 11 is 15.7. The molecule has 0 nitrogen and oxygen atoms in total. The molecule has 0 spiro atoms. The molecule has 0 aliphatic carbocycles. The number of benzene rings is 1. The molecule has 2 aromatic rings. The van der Waals surface area contributed by atoms with Crippen molar-refractivity contribution >= 4 is 67.2 Å². The maximum absolute atomic E-state index is 5.99. The van der Waals surface area contributed by atoms with E-state index in [1.165, 1.54) is 14.9 Å². The van der Waals surface area contributed by atoms with E-state index in [9.17, 15) is 0 Å². The molecule has 1 heterocycles. The second kappa shape index (κ2) is 3.33. The lowest BCUT2D eigenvalue weighted by Crippen LogP contribution is -1.71. The zero-order valence-corrected chi connectivity index (χ0v) is 10.3. The third-order valence-corrected chi connectivity index (χ3v) is 4.22. The summed E-state index contributed by atoms with van der Waals surface area (Å²) in [6, 6.07) is 5.85. The molecule has 2 rings (SSSR count). The Morgan fingerprint density at radius 1 is 1.25 bits per heavy atom. The van der Waals surface area contributed by atoms with Gasteiger partial charge in [0, 0.05) is 8.96 Å². The largest absolute Gasteiger partial charge is 0.122 e. The average molecular weight is 329 g/mol. The predicted molar refractivity (Wildman–Crippen MR) is 64.6 cm³/mol. The molecule has 62 valence electrons. The van der Waals surface area contributed by atoms with Gasteiger partial charge in [0.15, 0.2) is 0 Å². The first-order valence-electron chi connectivity index (χ1n) is 3.21. The Morgan fingerprint density at radius 2 is 2.00 bits per heavy atom. The molecule has 0 atom stereocenters. The standard InChI is InChI=1S/C8H3Cl2IS/c9-5-1-2-6(11)4-3-7(10)12-8(4)5/h1-3H. The van der Waals surface area contributed by atoms with E-state index in [0.29, 0.717) is 0 Å². The van der Waals surface area contributed by atoms with Gasteiger partial charge in [-0.05, 0) is 40.8 Å². The Kier molecular flexibility index (Phi) is 2.51. The lowest BCUT2D eigenvalue weighted by atomic mass is 10.3. The van der Waals surface area contributed by atoms with Gasteiger partial charge in [-0.25, -0.2) is 0 Å². The first kappa shape index (κ1) is 9.06. The summed E-state index contributed by atoms with van der Waals surface area (Å²) in [6.07, 6.45) is 0. The first-order chi connectivity index (χ1) is 5.68. The zero-order chi connectivity index (χ0) is 8.72. The van der Waals surface area contributed by atoms with Gasteiger partial charge in [-0.1, -0.05) is 23.2 Å². The lowest BCUT2D eigenvalue weighted by molar-refractivity contribution is 1.78. The first-order valence-corrected chi connectivity index (χ1v) is 5.86.